The minimum absolute atomic E-state index is 0.285. The quantitative estimate of drug-likeness (QED) is 0.807. The normalized spacial score (nSPS) is 16.0. The van der Waals surface area contributed by atoms with Crippen molar-refractivity contribution in [3.8, 4) is 5.75 Å². The predicted molar refractivity (Wildman–Crippen MR) is 87.5 cm³/mol. The van der Waals surface area contributed by atoms with Crippen LogP contribution in [-0.4, -0.2) is 32.9 Å². The van der Waals surface area contributed by atoms with Crippen LogP contribution in [0, 0.1) is 0 Å². The topological polar surface area (TPSA) is 60.2 Å². The molecule has 5 nitrogen and oxygen atoms in total. The molecule has 1 N–H and O–H groups in total. The Hall–Kier alpha value is -2.40. The monoisotopic (exact) mass is 309 g/mol. The summed E-state index contributed by atoms with van der Waals surface area (Å²) < 4.78 is 7.66. The molecule has 23 heavy (non-hydrogen) atoms. The van der Waals surface area contributed by atoms with Gasteiger partial charge in [0.2, 0.25) is 0 Å². The molecule has 0 saturated carbocycles. The van der Waals surface area contributed by atoms with Crippen LogP contribution in [0.25, 0.3) is 11.2 Å². The van der Waals surface area contributed by atoms with Gasteiger partial charge in [-0.05, 0) is 42.7 Å². The number of benzene rings is 1. The van der Waals surface area contributed by atoms with Crippen LogP contribution in [0.3, 0.4) is 0 Å². The van der Waals surface area contributed by atoms with Crippen LogP contribution in [0.1, 0.15) is 30.1 Å². The number of ether oxygens (including phenoxy) is 1. The lowest BCUT2D eigenvalue weighted by Gasteiger charge is -2.22. The van der Waals surface area contributed by atoms with E-state index in [1.54, 1.807) is 18.3 Å². The number of phenols is 1. The summed E-state index contributed by atoms with van der Waals surface area (Å²) in [5.74, 6) is 1.76. The van der Waals surface area contributed by atoms with E-state index >= 15 is 0 Å². The Morgan fingerprint density at radius 3 is 2.87 bits per heavy atom. The summed E-state index contributed by atoms with van der Waals surface area (Å²) in [6.45, 7) is 2.23. The first-order valence-electron chi connectivity index (χ1n) is 7.98. The number of imidazole rings is 1. The smallest absolute Gasteiger partial charge is 0.160 e. The Morgan fingerprint density at radius 1 is 1.17 bits per heavy atom. The van der Waals surface area contributed by atoms with E-state index < -0.39 is 0 Å². The molecular weight excluding hydrogens is 290 g/mol. The van der Waals surface area contributed by atoms with Gasteiger partial charge in [0.1, 0.15) is 17.1 Å². The van der Waals surface area contributed by atoms with E-state index in [9.17, 15) is 5.11 Å². The average molecular weight is 309 g/mol. The number of rotatable bonds is 3. The standard InChI is InChI=1S/C18H19N3O2/c22-15-4-1-3-13(11-15)12-21-17(14-6-9-23-10-7-14)20-16-5-2-8-19-18(16)21/h1-5,8,11,14,22H,6-7,9-10,12H2. The van der Waals surface area contributed by atoms with Gasteiger partial charge in [0.15, 0.2) is 5.65 Å². The van der Waals surface area contributed by atoms with Gasteiger partial charge in [0.05, 0.1) is 6.54 Å². The number of fused-ring (bicyclic) bond motifs is 1. The summed E-state index contributed by atoms with van der Waals surface area (Å²) in [6, 6.07) is 11.3. The Bertz CT molecular complexity index is 822. The molecule has 0 radical (unpaired) electrons. The second kappa shape index (κ2) is 6.01. The third-order valence-electron chi connectivity index (χ3n) is 4.37. The molecular formula is C18H19N3O2. The van der Waals surface area contributed by atoms with Crippen LogP contribution < -0.4 is 0 Å². The number of aromatic hydroxyl groups is 1. The zero-order valence-electron chi connectivity index (χ0n) is 12.9. The lowest BCUT2D eigenvalue weighted by atomic mass is 9.99. The third-order valence-corrected chi connectivity index (χ3v) is 4.37. The molecule has 3 aromatic rings. The molecule has 1 aliphatic rings. The van der Waals surface area contributed by atoms with Crippen LogP contribution >= 0.6 is 0 Å². The first-order chi connectivity index (χ1) is 11.3. The van der Waals surface area contributed by atoms with Gasteiger partial charge in [-0.15, -0.1) is 0 Å². The molecule has 0 spiro atoms. The van der Waals surface area contributed by atoms with Crippen molar-refractivity contribution >= 4 is 11.2 Å². The van der Waals surface area contributed by atoms with E-state index in [0.717, 1.165) is 48.6 Å². The summed E-state index contributed by atoms with van der Waals surface area (Å²) >= 11 is 0. The minimum atomic E-state index is 0.285. The molecule has 4 rings (SSSR count). The van der Waals surface area contributed by atoms with E-state index in [0.29, 0.717) is 12.5 Å². The lowest BCUT2D eigenvalue weighted by Crippen LogP contribution is -2.18. The summed E-state index contributed by atoms with van der Waals surface area (Å²) in [5.41, 5.74) is 2.87. The van der Waals surface area contributed by atoms with Gasteiger partial charge in [0, 0.05) is 25.3 Å². The van der Waals surface area contributed by atoms with Crippen molar-refractivity contribution in [3.63, 3.8) is 0 Å². The van der Waals surface area contributed by atoms with Crippen molar-refractivity contribution in [2.24, 2.45) is 0 Å². The van der Waals surface area contributed by atoms with Crippen molar-refractivity contribution in [2.45, 2.75) is 25.3 Å². The van der Waals surface area contributed by atoms with Crippen LogP contribution in [0.4, 0.5) is 0 Å². The Morgan fingerprint density at radius 2 is 2.04 bits per heavy atom. The maximum Gasteiger partial charge on any atom is 0.160 e. The zero-order chi connectivity index (χ0) is 15.6. The zero-order valence-corrected chi connectivity index (χ0v) is 12.9. The first kappa shape index (κ1) is 14.2. The molecule has 1 fully saturated rings. The number of phenolic OH excluding ortho intramolecular Hbond substituents is 1. The van der Waals surface area contributed by atoms with Gasteiger partial charge in [-0.25, -0.2) is 9.97 Å². The number of aromatic nitrogens is 3. The highest BCUT2D eigenvalue weighted by Crippen LogP contribution is 2.29. The van der Waals surface area contributed by atoms with Crippen molar-refractivity contribution in [1.82, 2.24) is 14.5 Å². The van der Waals surface area contributed by atoms with Gasteiger partial charge in [-0.2, -0.15) is 0 Å². The van der Waals surface area contributed by atoms with Crippen molar-refractivity contribution in [1.29, 1.82) is 0 Å². The maximum absolute atomic E-state index is 9.72. The van der Waals surface area contributed by atoms with E-state index in [2.05, 4.69) is 9.55 Å². The van der Waals surface area contributed by atoms with Crippen LogP contribution in [0.5, 0.6) is 5.75 Å². The molecule has 0 unspecified atom stereocenters. The molecule has 5 heteroatoms. The fraction of sp³-hybridized carbons (Fsp3) is 0.333. The van der Waals surface area contributed by atoms with Gasteiger partial charge in [-0.3, -0.25) is 0 Å². The summed E-state index contributed by atoms with van der Waals surface area (Å²) in [4.78, 5) is 9.36. The fourth-order valence-corrected chi connectivity index (χ4v) is 3.24. The minimum Gasteiger partial charge on any atom is -0.508 e. The largest absolute Gasteiger partial charge is 0.508 e. The molecule has 1 aliphatic heterocycles. The van der Waals surface area contributed by atoms with Gasteiger partial charge in [0.25, 0.3) is 0 Å². The highest BCUT2D eigenvalue weighted by Gasteiger charge is 2.23. The van der Waals surface area contributed by atoms with Crippen LogP contribution in [-0.2, 0) is 11.3 Å². The van der Waals surface area contributed by atoms with Gasteiger partial charge in [-0.1, -0.05) is 12.1 Å². The highest BCUT2D eigenvalue weighted by atomic mass is 16.5. The molecule has 2 aromatic heterocycles. The summed E-state index contributed by atoms with van der Waals surface area (Å²) in [5, 5.41) is 9.72. The molecule has 1 saturated heterocycles. The number of nitrogens with zero attached hydrogens (tertiary/aromatic N) is 3. The lowest BCUT2D eigenvalue weighted by molar-refractivity contribution is 0.0830. The highest BCUT2D eigenvalue weighted by molar-refractivity contribution is 5.71. The second-order valence-electron chi connectivity index (χ2n) is 5.96. The van der Waals surface area contributed by atoms with E-state index in [1.165, 1.54) is 0 Å². The van der Waals surface area contributed by atoms with Crippen molar-refractivity contribution in [3.05, 3.63) is 54.0 Å². The van der Waals surface area contributed by atoms with Gasteiger partial charge < -0.3 is 14.4 Å². The number of pyridine rings is 1. The second-order valence-corrected chi connectivity index (χ2v) is 5.96. The Labute approximate surface area is 134 Å². The molecule has 118 valence electrons. The van der Waals surface area contributed by atoms with E-state index in [4.69, 9.17) is 9.72 Å². The molecule has 0 atom stereocenters. The summed E-state index contributed by atoms with van der Waals surface area (Å²) in [6.07, 6.45) is 3.78. The average Bonchev–Trinajstić information content (AvgIpc) is 2.95. The van der Waals surface area contributed by atoms with Crippen LogP contribution in [0.15, 0.2) is 42.6 Å². The molecule has 0 bridgehead atoms. The fourth-order valence-electron chi connectivity index (χ4n) is 3.24. The van der Waals surface area contributed by atoms with E-state index in [-0.39, 0.29) is 5.75 Å². The Balaban J connectivity index is 1.79. The van der Waals surface area contributed by atoms with Crippen molar-refractivity contribution in [2.75, 3.05) is 13.2 Å². The first-order valence-corrected chi connectivity index (χ1v) is 7.98. The predicted octanol–water partition coefficient (Wildman–Crippen LogP) is 3.08. The maximum atomic E-state index is 9.72. The molecule has 1 aromatic carbocycles. The molecule has 0 amide bonds. The van der Waals surface area contributed by atoms with Crippen LogP contribution in [0.2, 0.25) is 0 Å². The van der Waals surface area contributed by atoms with Crippen molar-refractivity contribution < 1.29 is 9.84 Å². The number of hydrogen-bond acceptors (Lipinski definition) is 4. The number of hydrogen-bond donors (Lipinski definition) is 1. The molecule has 3 heterocycles. The van der Waals surface area contributed by atoms with Gasteiger partial charge >= 0.3 is 0 Å². The molecule has 0 aliphatic carbocycles. The summed E-state index contributed by atoms with van der Waals surface area (Å²) in [7, 11) is 0. The third kappa shape index (κ3) is 2.80. The SMILES string of the molecule is Oc1cccc(Cn2c(C3CCOCC3)nc3cccnc32)c1. The Kier molecular flexibility index (Phi) is 3.71. The van der Waals surface area contributed by atoms with E-state index in [1.807, 2.05) is 24.3 Å².